The van der Waals surface area contributed by atoms with Gasteiger partial charge in [-0.05, 0) is 87.1 Å². The van der Waals surface area contributed by atoms with Crippen LogP contribution < -0.4 is 10.2 Å². The number of nitrogens with one attached hydrogen (secondary N) is 1. The summed E-state index contributed by atoms with van der Waals surface area (Å²) in [6.45, 7) is 8.06. The van der Waals surface area contributed by atoms with Gasteiger partial charge in [0.15, 0.2) is 0 Å². The van der Waals surface area contributed by atoms with E-state index in [-0.39, 0.29) is 6.04 Å². The molecule has 2 N–H and O–H groups in total. The summed E-state index contributed by atoms with van der Waals surface area (Å²) in [7, 11) is 0. The van der Waals surface area contributed by atoms with Gasteiger partial charge in [0.25, 0.3) is 0 Å². The Labute approximate surface area is 237 Å². The number of benzene rings is 1. The minimum absolute atomic E-state index is 0.0440. The number of likely N-dealkylation sites (tertiary alicyclic amines) is 1. The number of rotatable bonds is 7. The van der Waals surface area contributed by atoms with E-state index in [1.165, 1.54) is 12.8 Å². The quantitative estimate of drug-likeness (QED) is 0.330. The predicted molar refractivity (Wildman–Crippen MR) is 155 cm³/mol. The monoisotopic (exact) mass is 573 g/mol. The summed E-state index contributed by atoms with van der Waals surface area (Å²) >= 11 is 14.2. The molecule has 2 aromatic heterocycles. The normalized spacial score (nSPS) is 27.1. The zero-order valence-corrected chi connectivity index (χ0v) is 24.0. The first-order valence-electron chi connectivity index (χ1n) is 13.4. The molecular weight excluding hydrogens is 541 g/mol. The lowest BCUT2D eigenvalue weighted by Gasteiger charge is -2.52. The Hall–Kier alpha value is -2.13. The summed E-state index contributed by atoms with van der Waals surface area (Å²) < 4.78 is 0. The third-order valence-electron chi connectivity index (χ3n) is 8.85. The molecule has 4 heterocycles. The van der Waals surface area contributed by atoms with Crippen molar-refractivity contribution in [1.82, 2.24) is 14.9 Å². The lowest BCUT2D eigenvalue weighted by Crippen LogP contribution is -2.58. The molecule has 0 radical (unpaired) electrons. The fraction of sp³-hybridized carbons (Fsp3) is 0.536. The zero-order chi connectivity index (χ0) is 26.6. The average Bonchev–Trinajstić information content (AvgIpc) is 3.30. The van der Waals surface area contributed by atoms with Gasteiger partial charge in [0, 0.05) is 35.7 Å². The van der Waals surface area contributed by atoms with Crippen molar-refractivity contribution < 1.29 is 9.90 Å². The number of piperidine rings is 1. The van der Waals surface area contributed by atoms with Crippen LogP contribution in [0, 0.1) is 17.3 Å². The van der Waals surface area contributed by atoms with Gasteiger partial charge in [0.05, 0.1) is 16.8 Å². The highest BCUT2D eigenvalue weighted by Gasteiger charge is 2.49. The average molecular weight is 575 g/mol. The number of thiophene rings is 1. The summed E-state index contributed by atoms with van der Waals surface area (Å²) in [5.74, 6) is 2.21. The molecule has 202 valence electrons. The van der Waals surface area contributed by atoms with E-state index in [9.17, 15) is 9.90 Å². The highest BCUT2D eigenvalue weighted by molar-refractivity contribution is 7.16. The molecule has 0 amide bonds. The first-order chi connectivity index (χ1) is 18.2. The van der Waals surface area contributed by atoms with Crippen molar-refractivity contribution in [2.24, 2.45) is 17.3 Å². The molecule has 1 unspecified atom stereocenters. The van der Waals surface area contributed by atoms with Crippen molar-refractivity contribution in [3.63, 3.8) is 0 Å². The molecule has 0 bridgehead atoms. The van der Waals surface area contributed by atoms with Gasteiger partial charge in [-0.2, -0.15) is 4.98 Å². The smallest absolute Gasteiger partial charge is 0.309 e. The van der Waals surface area contributed by atoms with Crippen molar-refractivity contribution in [3.05, 3.63) is 45.3 Å². The van der Waals surface area contributed by atoms with E-state index >= 15 is 0 Å². The second-order valence-corrected chi connectivity index (χ2v) is 13.3. The van der Waals surface area contributed by atoms with E-state index < -0.39 is 11.4 Å². The SMILES string of the molecule is C[C@@H](Nc1nc(N2CC(C3CCCN(C4CC(C)(C(=O)O)C4)C3)C2)nc2sccc12)c1ccc(Cl)cc1Cl. The van der Waals surface area contributed by atoms with Crippen LogP contribution in [0.3, 0.4) is 0 Å². The van der Waals surface area contributed by atoms with Crippen LogP contribution in [0.25, 0.3) is 10.2 Å². The fourth-order valence-corrected chi connectivity index (χ4v) is 7.71. The zero-order valence-electron chi connectivity index (χ0n) is 21.7. The van der Waals surface area contributed by atoms with Crippen molar-refractivity contribution in [2.45, 2.75) is 51.6 Å². The molecule has 1 saturated carbocycles. The van der Waals surface area contributed by atoms with E-state index in [1.54, 1.807) is 17.4 Å². The van der Waals surface area contributed by atoms with Gasteiger partial charge < -0.3 is 20.2 Å². The largest absolute Gasteiger partial charge is 0.481 e. The van der Waals surface area contributed by atoms with Gasteiger partial charge >= 0.3 is 5.97 Å². The first-order valence-corrected chi connectivity index (χ1v) is 15.0. The number of hydrogen-bond acceptors (Lipinski definition) is 7. The number of nitrogens with zero attached hydrogens (tertiary/aromatic N) is 4. The molecule has 6 rings (SSSR count). The van der Waals surface area contributed by atoms with Gasteiger partial charge in [-0.3, -0.25) is 4.79 Å². The Morgan fingerprint density at radius 3 is 2.71 bits per heavy atom. The van der Waals surface area contributed by atoms with Crippen LogP contribution >= 0.6 is 34.5 Å². The summed E-state index contributed by atoms with van der Waals surface area (Å²) in [5, 5.41) is 17.4. The van der Waals surface area contributed by atoms with Crippen LogP contribution in [-0.2, 0) is 4.79 Å². The lowest BCUT2D eigenvalue weighted by molar-refractivity contribution is -0.158. The molecule has 38 heavy (non-hydrogen) atoms. The van der Waals surface area contributed by atoms with Crippen molar-refractivity contribution in [3.8, 4) is 0 Å². The van der Waals surface area contributed by atoms with E-state index in [4.69, 9.17) is 33.2 Å². The van der Waals surface area contributed by atoms with Crippen molar-refractivity contribution in [1.29, 1.82) is 0 Å². The van der Waals surface area contributed by atoms with E-state index in [0.717, 1.165) is 66.6 Å². The van der Waals surface area contributed by atoms with Crippen molar-refractivity contribution >= 4 is 62.5 Å². The van der Waals surface area contributed by atoms with Crippen LogP contribution in [0.15, 0.2) is 29.6 Å². The number of carbonyl (C=O) groups is 1. The topological polar surface area (TPSA) is 81.6 Å². The molecule has 2 atom stereocenters. The maximum atomic E-state index is 11.5. The molecule has 3 aromatic rings. The predicted octanol–water partition coefficient (Wildman–Crippen LogP) is 6.57. The van der Waals surface area contributed by atoms with Crippen LogP contribution in [0.1, 0.15) is 51.1 Å². The second-order valence-electron chi connectivity index (χ2n) is 11.5. The minimum Gasteiger partial charge on any atom is -0.481 e. The summed E-state index contributed by atoms with van der Waals surface area (Å²) in [5.41, 5.74) is 0.436. The lowest BCUT2D eigenvalue weighted by atomic mass is 9.65. The number of anilines is 2. The number of halogens is 2. The number of carboxylic acids is 1. The molecule has 1 aromatic carbocycles. The van der Waals surface area contributed by atoms with Crippen LogP contribution in [0.2, 0.25) is 10.0 Å². The third-order valence-corrected chi connectivity index (χ3v) is 10.2. The maximum Gasteiger partial charge on any atom is 0.309 e. The highest BCUT2D eigenvalue weighted by Crippen LogP contribution is 2.45. The number of aliphatic carboxylic acids is 1. The Morgan fingerprint density at radius 2 is 1.97 bits per heavy atom. The number of fused-ring (bicyclic) bond motifs is 1. The van der Waals surface area contributed by atoms with Crippen LogP contribution in [0.4, 0.5) is 11.8 Å². The van der Waals surface area contributed by atoms with Crippen molar-refractivity contribution in [2.75, 3.05) is 36.4 Å². The van der Waals surface area contributed by atoms with Gasteiger partial charge in [-0.15, -0.1) is 11.3 Å². The summed E-state index contributed by atoms with van der Waals surface area (Å²) in [4.78, 5) is 27.2. The molecule has 1 aliphatic carbocycles. The molecule has 2 aliphatic heterocycles. The van der Waals surface area contributed by atoms with Gasteiger partial charge in [0.1, 0.15) is 10.6 Å². The standard InChI is InChI=1S/C28H33Cl2N5O2S/c1-16(21-6-5-19(29)10-23(21)30)31-24-22-7-9-38-25(22)33-27(32-24)35-14-18(15-35)17-4-3-8-34(13-17)20-11-28(2,12-20)26(36)37/h5-7,9-10,16-18,20H,3-4,8,11-15H2,1-2H3,(H,36,37)(H,31,32,33)/t16-,17?,20?,28?/m1/s1. The number of hydrogen-bond donors (Lipinski definition) is 2. The van der Waals surface area contributed by atoms with Gasteiger partial charge in [0.2, 0.25) is 5.95 Å². The maximum absolute atomic E-state index is 11.5. The van der Waals surface area contributed by atoms with E-state index in [2.05, 4.69) is 33.5 Å². The summed E-state index contributed by atoms with van der Waals surface area (Å²) in [6.07, 6.45) is 3.99. The van der Waals surface area contributed by atoms with Crippen LogP contribution in [-0.4, -0.2) is 58.2 Å². The van der Waals surface area contributed by atoms with E-state index in [1.807, 2.05) is 19.1 Å². The minimum atomic E-state index is -0.654. The molecule has 10 heteroatoms. The molecule has 0 spiro atoms. The van der Waals surface area contributed by atoms with Crippen LogP contribution in [0.5, 0.6) is 0 Å². The Kier molecular flexibility index (Phi) is 6.95. The number of carboxylic acid groups (broad SMARTS) is 1. The first kappa shape index (κ1) is 26.1. The Bertz CT molecular complexity index is 1350. The molecule has 2 saturated heterocycles. The van der Waals surface area contributed by atoms with Gasteiger partial charge in [-0.1, -0.05) is 29.3 Å². The Morgan fingerprint density at radius 1 is 1.18 bits per heavy atom. The second kappa shape index (κ2) is 10.1. The molecule has 3 fully saturated rings. The highest BCUT2D eigenvalue weighted by atomic mass is 35.5. The Balaban J connectivity index is 1.11. The summed E-state index contributed by atoms with van der Waals surface area (Å²) in [6, 6.07) is 8.02. The van der Waals surface area contributed by atoms with E-state index in [0.29, 0.717) is 27.9 Å². The molecule has 3 aliphatic rings. The molecule has 7 nitrogen and oxygen atoms in total. The molecular formula is C28H33Cl2N5O2S. The van der Waals surface area contributed by atoms with Gasteiger partial charge in [-0.25, -0.2) is 4.98 Å². The fourth-order valence-electron chi connectivity index (χ4n) is 6.38. The number of aromatic nitrogens is 2. The third kappa shape index (κ3) is 4.85.